The van der Waals surface area contributed by atoms with Gasteiger partial charge in [-0.1, -0.05) is 5.16 Å². The third-order valence-electron chi connectivity index (χ3n) is 4.14. The predicted molar refractivity (Wildman–Crippen MR) is 55.1 cm³/mol. The second-order valence-corrected chi connectivity index (χ2v) is 4.86. The molecule has 6 heteroatoms. The fourth-order valence-corrected chi connectivity index (χ4v) is 3.09. The number of carbonyl (C=O) groups is 1. The van der Waals surface area contributed by atoms with Crippen molar-refractivity contribution in [2.45, 2.75) is 31.3 Å². The summed E-state index contributed by atoms with van der Waals surface area (Å²) in [6.07, 6.45) is 4.60. The Hall–Kier alpha value is -1.30. The standard InChI is InChI=1S/C10H15N3O3/c1-16-13-8-6-12(9(13)14)7(5-11-15)4-10(8)2-3-10/h5,7-8,15H,2-4,6H2,1H3/b11-5+. The molecule has 1 N–H and O–H groups in total. The summed E-state index contributed by atoms with van der Waals surface area (Å²) in [5, 5.41) is 13.2. The predicted octanol–water partition coefficient (Wildman–Crippen LogP) is 0.667. The normalized spacial score (nSPS) is 35.4. The Labute approximate surface area is 93.4 Å². The second-order valence-electron chi connectivity index (χ2n) is 4.86. The van der Waals surface area contributed by atoms with E-state index < -0.39 is 0 Å². The number of rotatable bonds is 2. The van der Waals surface area contributed by atoms with Crippen LogP contribution in [0.15, 0.2) is 5.16 Å². The van der Waals surface area contributed by atoms with Crippen LogP contribution in [-0.4, -0.2) is 53.2 Å². The lowest BCUT2D eigenvalue weighted by Gasteiger charge is -2.34. The molecule has 3 fully saturated rings. The molecule has 2 amide bonds. The summed E-state index contributed by atoms with van der Waals surface area (Å²) in [5.41, 5.74) is 0.199. The molecular formula is C10H15N3O3. The van der Waals surface area contributed by atoms with Gasteiger partial charge in [0.15, 0.2) is 0 Å². The maximum absolute atomic E-state index is 12.0. The maximum Gasteiger partial charge on any atom is 0.344 e. The lowest BCUT2D eigenvalue weighted by Crippen LogP contribution is -2.46. The van der Waals surface area contributed by atoms with E-state index in [4.69, 9.17) is 10.0 Å². The molecule has 6 nitrogen and oxygen atoms in total. The molecule has 0 aromatic heterocycles. The molecule has 2 aliphatic heterocycles. The van der Waals surface area contributed by atoms with Crippen LogP contribution >= 0.6 is 0 Å². The summed E-state index contributed by atoms with van der Waals surface area (Å²) in [7, 11) is 1.53. The zero-order chi connectivity index (χ0) is 11.3. The van der Waals surface area contributed by atoms with E-state index in [2.05, 4.69) is 5.16 Å². The zero-order valence-electron chi connectivity index (χ0n) is 9.17. The Morgan fingerprint density at radius 1 is 1.62 bits per heavy atom. The minimum Gasteiger partial charge on any atom is -0.411 e. The number of amides is 2. The topological polar surface area (TPSA) is 65.4 Å². The molecular weight excluding hydrogens is 210 g/mol. The number of fused-ring (bicyclic) bond motifs is 3. The third-order valence-corrected chi connectivity index (χ3v) is 4.14. The first-order chi connectivity index (χ1) is 7.72. The molecule has 1 saturated carbocycles. The molecule has 2 atom stereocenters. The molecule has 2 saturated heterocycles. The van der Waals surface area contributed by atoms with Gasteiger partial charge in [-0.15, -0.1) is 0 Å². The van der Waals surface area contributed by atoms with Crippen LogP contribution < -0.4 is 0 Å². The molecule has 0 aromatic carbocycles. The summed E-state index contributed by atoms with van der Waals surface area (Å²) in [5.74, 6) is 0. The number of hydroxylamine groups is 2. The highest BCUT2D eigenvalue weighted by molar-refractivity contribution is 5.82. The van der Waals surface area contributed by atoms with Crippen molar-refractivity contribution < 1.29 is 14.8 Å². The minimum atomic E-state index is -0.110. The van der Waals surface area contributed by atoms with E-state index in [1.807, 2.05) is 0 Å². The number of hydrogen-bond donors (Lipinski definition) is 1. The highest BCUT2D eigenvalue weighted by Crippen LogP contribution is 2.58. The highest BCUT2D eigenvalue weighted by atomic mass is 16.7. The Kier molecular flexibility index (Phi) is 1.92. The fourth-order valence-electron chi connectivity index (χ4n) is 3.09. The van der Waals surface area contributed by atoms with Gasteiger partial charge in [-0.3, -0.25) is 4.84 Å². The van der Waals surface area contributed by atoms with Crippen LogP contribution in [0.25, 0.3) is 0 Å². The Morgan fingerprint density at radius 2 is 2.38 bits per heavy atom. The third kappa shape index (κ3) is 1.10. The first kappa shape index (κ1) is 9.89. The van der Waals surface area contributed by atoms with E-state index in [9.17, 15) is 4.79 Å². The van der Waals surface area contributed by atoms with E-state index in [1.165, 1.54) is 18.4 Å². The van der Waals surface area contributed by atoms with Crippen molar-refractivity contribution in [3.63, 3.8) is 0 Å². The lowest BCUT2D eigenvalue weighted by molar-refractivity contribution is -0.115. The van der Waals surface area contributed by atoms with Crippen molar-refractivity contribution in [2.75, 3.05) is 13.7 Å². The summed E-state index contributed by atoms with van der Waals surface area (Å²) in [4.78, 5) is 18.9. The van der Waals surface area contributed by atoms with Gasteiger partial charge >= 0.3 is 6.03 Å². The molecule has 16 heavy (non-hydrogen) atoms. The molecule has 1 aliphatic carbocycles. The molecule has 2 bridgehead atoms. The Morgan fingerprint density at radius 3 is 2.94 bits per heavy atom. The second kappa shape index (κ2) is 3.10. The van der Waals surface area contributed by atoms with Crippen molar-refractivity contribution >= 4 is 12.2 Å². The van der Waals surface area contributed by atoms with Crippen LogP contribution in [0.2, 0.25) is 0 Å². The van der Waals surface area contributed by atoms with E-state index in [0.29, 0.717) is 6.54 Å². The van der Waals surface area contributed by atoms with Gasteiger partial charge < -0.3 is 10.1 Å². The van der Waals surface area contributed by atoms with E-state index in [0.717, 1.165) is 19.3 Å². The van der Waals surface area contributed by atoms with Crippen LogP contribution in [-0.2, 0) is 4.84 Å². The lowest BCUT2D eigenvalue weighted by atomic mass is 9.86. The first-order valence-corrected chi connectivity index (χ1v) is 5.53. The summed E-state index contributed by atoms with van der Waals surface area (Å²) in [6, 6.07) is -0.0223. The number of nitrogens with zero attached hydrogens (tertiary/aromatic N) is 3. The number of urea groups is 1. The number of hydrogen-bond acceptors (Lipinski definition) is 4. The average molecular weight is 225 g/mol. The van der Waals surface area contributed by atoms with Gasteiger partial charge in [0.2, 0.25) is 0 Å². The van der Waals surface area contributed by atoms with Crippen LogP contribution in [0, 0.1) is 5.41 Å². The molecule has 1 spiro atoms. The summed E-state index contributed by atoms with van der Waals surface area (Å²) < 4.78 is 0. The fraction of sp³-hybridized carbons (Fsp3) is 0.800. The van der Waals surface area contributed by atoms with Crippen LogP contribution in [0.5, 0.6) is 0 Å². The van der Waals surface area contributed by atoms with Crippen molar-refractivity contribution in [3.8, 4) is 0 Å². The minimum absolute atomic E-state index is 0.0867. The average Bonchev–Trinajstić information content (AvgIpc) is 2.96. The Bertz CT molecular complexity index is 353. The van der Waals surface area contributed by atoms with Crippen molar-refractivity contribution in [1.29, 1.82) is 0 Å². The molecule has 2 unspecified atom stereocenters. The SMILES string of the molecule is CON1C(=O)N2CC1C1(CC1)CC2/C=N/O. The molecule has 88 valence electrons. The Balaban J connectivity index is 1.93. The van der Waals surface area contributed by atoms with Gasteiger partial charge in [0.25, 0.3) is 0 Å². The van der Waals surface area contributed by atoms with Gasteiger partial charge in [0, 0.05) is 6.54 Å². The van der Waals surface area contributed by atoms with Crippen LogP contribution in [0.4, 0.5) is 4.79 Å². The maximum atomic E-state index is 12.0. The molecule has 3 aliphatic rings. The molecule has 3 rings (SSSR count). The van der Waals surface area contributed by atoms with Gasteiger partial charge in [-0.05, 0) is 24.7 Å². The molecule has 0 aromatic rings. The van der Waals surface area contributed by atoms with Gasteiger partial charge in [-0.25, -0.2) is 4.79 Å². The van der Waals surface area contributed by atoms with Crippen LogP contribution in [0.1, 0.15) is 19.3 Å². The van der Waals surface area contributed by atoms with E-state index >= 15 is 0 Å². The van der Waals surface area contributed by atoms with Gasteiger partial charge in [0.1, 0.15) is 0 Å². The number of oxime groups is 1. The van der Waals surface area contributed by atoms with Gasteiger partial charge in [-0.2, -0.15) is 5.06 Å². The van der Waals surface area contributed by atoms with E-state index in [-0.39, 0.29) is 23.5 Å². The van der Waals surface area contributed by atoms with Crippen molar-refractivity contribution in [2.24, 2.45) is 10.6 Å². The smallest absolute Gasteiger partial charge is 0.344 e. The van der Waals surface area contributed by atoms with Crippen molar-refractivity contribution in [1.82, 2.24) is 9.96 Å². The van der Waals surface area contributed by atoms with E-state index in [1.54, 1.807) is 4.90 Å². The highest BCUT2D eigenvalue weighted by Gasteiger charge is 2.62. The zero-order valence-corrected chi connectivity index (χ0v) is 9.17. The largest absolute Gasteiger partial charge is 0.411 e. The summed E-state index contributed by atoms with van der Waals surface area (Å²) >= 11 is 0. The first-order valence-electron chi connectivity index (χ1n) is 5.53. The number of carbonyl (C=O) groups excluding carboxylic acids is 1. The molecule has 2 heterocycles. The number of piperidine rings is 1. The quantitative estimate of drug-likeness (QED) is 0.426. The summed E-state index contributed by atoms with van der Waals surface area (Å²) in [6.45, 7) is 0.684. The van der Waals surface area contributed by atoms with Gasteiger partial charge in [0.05, 0.1) is 25.4 Å². The van der Waals surface area contributed by atoms with Crippen LogP contribution in [0.3, 0.4) is 0 Å². The van der Waals surface area contributed by atoms with Crippen molar-refractivity contribution in [3.05, 3.63) is 0 Å². The molecule has 0 radical (unpaired) electrons. The monoisotopic (exact) mass is 225 g/mol.